The standard InChI is InChI=1S/C13H19BrClN/c1-9(13(2,3)4)16-8-10-5-6-11(15)7-12(10)14/h5-7,9,16H,8H2,1-4H3. The van der Waals surface area contributed by atoms with Gasteiger partial charge in [0.1, 0.15) is 0 Å². The van der Waals surface area contributed by atoms with Gasteiger partial charge in [0.2, 0.25) is 0 Å². The number of benzene rings is 1. The average Bonchev–Trinajstić information content (AvgIpc) is 2.14. The summed E-state index contributed by atoms with van der Waals surface area (Å²) in [7, 11) is 0. The summed E-state index contributed by atoms with van der Waals surface area (Å²) in [5, 5.41) is 4.29. The lowest BCUT2D eigenvalue weighted by Crippen LogP contribution is -2.37. The Morgan fingerprint density at radius 2 is 2.00 bits per heavy atom. The quantitative estimate of drug-likeness (QED) is 0.858. The third-order valence-corrected chi connectivity index (χ3v) is 3.89. The van der Waals surface area contributed by atoms with Crippen molar-refractivity contribution in [2.75, 3.05) is 0 Å². The summed E-state index contributed by atoms with van der Waals surface area (Å²) in [5.41, 5.74) is 1.51. The Morgan fingerprint density at radius 1 is 1.38 bits per heavy atom. The average molecular weight is 305 g/mol. The maximum absolute atomic E-state index is 5.90. The molecule has 0 fully saturated rings. The lowest BCUT2D eigenvalue weighted by Gasteiger charge is -2.28. The number of hydrogen-bond acceptors (Lipinski definition) is 1. The first kappa shape index (κ1) is 14.0. The van der Waals surface area contributed by atoms with Crippen LogP contribution in [-0.4, -0.2) is 6.04 Å². The van der Waals surface area contributed by atoms with Crippen molar-refractivity contribution in [3.63, 3.8) is 0 Å². The van der Waals surface area contributed by atoms with Gasteiger partial charge >= 0.3 is 0 Å². The number of hydrogen-bond donors (Lipinski definition) is 1. The molecule has 0 aliphatic rings. The minimum absolute atomic E-state index is 0.277. The first-order valence-corrected chi connectivity index (χ1v) is 6.65. The van der Waals surface area contributed by atoms with Crippen molar-refractivity contribution in [1.29, 1.82) is 0 Å². The summed E-state index contributed by atoms with van der Waals surface area (Å²) in [4.78, 5) is 0. The van der Waals surface area contributed by atoms with Crippen LogP contribution in [0.1, 0.15) is 33.3 Å². The molecule has 0 aromatic heterocycles. The molecule has 0 aliphatic carbocycles. The molecule has 1 rings (SSSR count). The monoisotopic (exact) mass is 303 g/mol. The van der Waals surface area contributed by atoms with Crippen LogP contribution in [0.4, 0.5) is 0 Å². The van der Waals surface area contributed by atoms with E-state index in [4.69, 9.17) is 11.6 Å². The van der Waals surface area contributed by atoms with E-state index in [-0.39, 0.29) is 5.41 Å². The van der Waals surface area contributed by atoms with Gasteiger partial charge in [-0.15, -0.1) is 0 Å². The molecule has 1 atom stereocenters. The minimum Gasteiger partial charge on any atom is -0.310 e. The molecule has 0 amide bonds. The van der Waals surface area contributed by atoms with Crippen molar-refractivity contribution in [2.45, 2.75) is 40.3 Å². The molecule has 0 saturated carbocycles. The fraction of sp³-hybridized carbons (Fsp3) is 0.538. The van der Waals surface area contributed by atoms with Gasteiger partial charge in [-0.2, -0.15) is 0 Å². The highest BCUT2D eigenvalue weighted by molar-refractivity contribution is 9.10. The highest BCUT2D eigenvalue weighted by Crippen LogP contribution is 2.23. The largest absolute Gasteiger partial charge is 0.310 e. The van der Waals surface area contributed by atoms with Crippen molar-refractivity contribution in [1.82, 2.24) is 5.32 Å². The molecule has 1 unspecified atom stereocenters. The van der Waals surface area contributed by atoms with Gasteiger partial charge in [-0.25, -0.2) is 0 Å². The van der Waals surface area contributed by atoms with E-state index in [1.807, 2.05) is 12.1 Å². The molecular weight excluding hydrogens is 286 g/mol. The van der Waals surface area contributed by atoms with Crippen molar-refractivity contribution >= 4 is 27.5 Å². The second-order valence-corrected chi connectivity index (χ2v) is 6.50. The van der Waals surface area contributed by atoms with Gasteiger partial charge in [0.05, 0.1) is 0 Å². The van der Waals surface area contributed by atoms with Crippen LogP contribution in [0.25, 0.3) is 0 Å². The fourth-order valence-electron chi connectivity index (χ4n) is 1.23. The molecule has 90 valence electrons. The van der Waals surface area contributed by atoms with Gasteiger partial charge < -0.3 is 5.32 Å². The van der Waals surface area contributed by atoms with Crippen LogP contribution >= 0.6 is 27.5 Å². The Kier molecular flexibility index (Phi) is 4.84. The minimum atomic E-state index is 0.277. The summed E-state index contributed by atoms with van der Waals surface area (Å²) in [6.45, 7) is 9.78. The number of rotatable bonds is 3. The van der Waals surface area contributed by atoms with Gasteiger partial charge in [0, 0.05) is 22.1 Å². The zero-order valence-corrected chi connectivity index (χ0v) is 12.6. The molecular formula is C13H19BrClN. The molecule has 1 aromatic rings. The van der Waals surface area contributed by atoms with E-state index in [1.54, 1.807) is 0 Å². The Labute approximate surface area is 112 Å². The first-order chi connectivity index (χ1) is 7.30. The first-order valence-electron chi connectivity index (χ1n) is 5.48. The van der Waals surface area contributed by atoms with Gasteiger partial charge in [0.25, 0.3) is 0 Å². The summed E-state index contributed by atoms with van der Waals surface area (Å²) in [6.07, 6.45) is 0. The number of halogens is 2. The van der Waals surface area contributed by atoms with E-state index in [1.165, 1.54) is 5.56 Å². The third-order valence-electron chi connectivity index (χ3n) is 2.91. The molecule has 3 heteroatoms. The van der Waals surface area contributed by atoms with Crippen LogP contribution < -0.4 is 5.32 Å². The molecule has 0 aliphatic heterocycles. The topological polar surface area (TPSA) is 12.0 Å². The predicted molar refractivity (Wildman–Crippen MR) is 74.9 cm³/mol. The van der Waals surface area contributed by atoms with E-state index in [2.05, 4.69) is 55.0 Å². The van der Waals surface area contributed by atoms with Gasteiger partial charge in [-0.3, -0.25) is 0 Å². The Hall–Kier alpha value is -0.0500. The van der Waals surface area contributed by atoms with Crippen molar-refractivity contribution in [3.05, 3.63) is 33.3 Å². The Morgan fingerprint density at radius 3 is 2.50 bits per heavy atom. The summed E-state index contributed by atoms with van der Waals surface area (Å²) >= 11 is 9.43. The van der Waals surface area contributed by atoms with Crippen LogP contribution in [0.5, 0.6) is 0 Å². The second-order valence-electron chi connectivity index (χ2n) is 5.20. The molecule has 1 N–H and O–H groups in total. The van der Waals surface area contributed by atoms with Crippen LogP contribution in [0.15, 0.2) is 22.7 Å². The van der Waals surface area contributed by atoms with E-state index in [0.717, 1.165) is 16.0 Å². The normalized spacial score (nSPS) is 13.9. The summed E-state index contributed by atoms with van der Waals surface area (Å²) < 4.78 is 1.06. The molecule has 16 heavy (non-hydrogen) atoms. The van der Waals surface area contributed by atoms with E-state index >= 15 is 0 Å². The van der Waals surface area contributed by atoms with Crippen LogP contribution in [0.3, 0.4) is 0 Å². The highest BCUT2D eigenvalue weighted by Gasteiger charge is 2.19. The van der Waals surface area contributed by atoms with Crippen LogP contribution in [-0.2, 0) is 6.54 Å². The predicted octanol–water partition coefficient (Wildman–Crippen LogP) is 4.63. The van der Waals surface area contributed by atoms with Crippen LogP contribution in [0.2, 0.25) is 5.02 Å². The smallest absolute Gasteiger partial charge is 0.0417 e. The molecule has 1 nitrogen and oxygen atoms in total. The second kappa shape index (κ2) is 5.52. The highest BCUT2D eigenvalue weighted by atomic mass is 79.9. The zero-order chi connectivity index (χ0) is 12.3. The maximum atomic E-state index is 5.90. The molecule has 0 saturated heterocycles. The van der Waals surface area contributed by atoms with Gasteiger partial charge in [-0.05, 0) is 30.0 Å². The van der Waals surface area contributed by atoms with E-state index < -0.39 is 0 Å². The maximum Gasteiger partial charge on any atom is 0.0417 e. The fourth-order valence-corrected chi connectivity index (χ4v) is 2.06. The zero-order valence-electron chi connectivity index (χ0n) is 10.3. The third kappa shape index (κ3) is 4.08. The molecule has 0 bridgehead atoms. The van der Waals surface area contributed by atoms with Gasteiger partial charge in [0.15, 0.2) is 0 Å². The Balaban J connectivity index is 2.62. The molecule has 0 heterocycles. The molecule has 1 aromatic carbocycles. The van der Waals surface area contributed by atoms with Crippen molar-refractivity contribution in [3.8, 4) is 0 Å². The SMILES string of the molecule is CC(NCc1ccc(Cl)cc1Br)C(C)(C)C. The Bertz CT molecular complexity index is 357. The molecule has 0 radical (unpaired) electrons. The lowest BCUT2D eigenvalue weighted by atomic mass is 9.88. The number of nitrogens with one attached hydrogen (secondary N) is 1. The summed E-state index contributed by atoms with van der Waals surface area (Å²) in [5.74, 6) is 0. The van der Waals surface area contributed by atoms with Crippen LogP contribution in [0, 0.1) is 5.41 Å². The van der Waals surface area contributed by atoms with Crippen molar-refractivity contribution < 1.29 is 0 Å². The van der Waals surface area contributed by atoms with Gasteiger partial charge in [-0.1, -0.05) is 54.4 Å². The van der Waals surface area contributed by atoms with E-state index in [9.17, 15) is 0 Å². The van der Waals surface area contributed by atoms with E-state index in [0.29, 0.717) is 6.04 Å². The summed E-state index contributed by atoms with van der Waals surface area (Å²) in [6, 6.07) is 6.37. The lowest BCUT2D eigenvalue weighted by molar-refractivity contribution is 0.285. The molecule has 0 spiro atoms. The van der Waals surface area contributed by atoms with Crippen molar-refractivity contribution in [2.24, 2.45) is 5.41 Å².